The van der Waals surface area contributed by atoms with Crippen molar-refractivity contribution in [3.63, 3.8) is 0 Å². The summed E-state index contributed by atoms with van der Waals surface area (Å²) in [6, 6.07) is 0. The lowest BCUT2D eigenvalue weighted by atomic mass is 10.1. The Hall–Kier alpha value is -2.47. The van der Waals surface area contributed by atoms with Crippen molar-refractivity contribution in [3.05, 3.63) is 16.0 Å². The molecule has 2 rings (SSSR count). The van der Waals surface area contributed by atoms with Gasteiger partial charge in [0.1, 0.15) is 5.00 Å². The molecule has 0 unspecified atom stereocenters. The van der Waals surface area contributed by atoms with Gasteiger partial charge in [0, 0.05) is 14.1 Å². The first kappa shape index (κ1) is 19.8. The van der Waals surface area contributed by atoms with Crippen LogP contribution in [0.1, 0.15) is 32.5 Å². The lowest BCUT2D eigenvalue weighted by Gasteiger charge is -2.06. The first-order valence-corrected chi connectivity index (χ1v) is 9.36. The Morgan fingerprint density at radius 3 is 2.65 bits per heavy atom. The lowest BCUT2D eigenvalue weighted by Crippen LogP contribution is -2.18. The maximum atomic E-state index is 12.3. The molecule has 2 aromatic heterocycles. The monoisotopic (exact) mass is 398 g/mol. The van der Waals surface area contributed by atoms with Crippen LogP contribution >= 0.6 is 23.1 Å². The number of aryl methyl sites for hydroxylation is 1. The van der Waals surface area contributed by atoms with Crippen molar-refractivity contribution >= 4 is 45.9 Å². The van der Waals surface area contributed by atoms with Crippen LogP contribution in [-0.2, 0) is 16.6 Å². The van der Waals surface area contributed by atoms with E-state index in [0.29, 0.717) is 15.6 Å². The highest BCUT2D eigenvalue weighted by atomic mass is 32.2. The number of hydrogen-bond donors (Lipinski definition) is 2. The van der Waals surface area contributed by atoms with E-state index in [-0.39, 0.29) is 34.7 Å². The van der Waals surface area contributed by atoms with Gasteiger partial charge in [-0.25, -0.2) is 9.48 Å². The fourth-order valence-corrected chi connectivity index (χ4v) is 3.82. The fraction of sp³-hybridized carbons (Fsp3) is 0.429. The zero-order chi connectivity index (χ0) is 19.3. The number of nitrogens with one attached hydrogen (secondary N) is 2. The number of aromatic nitrogens is 4. The van der Waals surface area contributed by atoms with Crippen molar-refractivity contribution in [2.75, 3.05) is 24.7 Å². The van der Waals surface area contributed by atoms with Crippen LogP contribution in [0.15, 0.2) is 5.16 Å². The van der Waals surface area contributed by atoms with E-state index in [9.17, 15) is 14.4 Å². The number of amides is 2. The van der Waals surface area contributed by atoms with E-state index in [1.807, 2.05) is 0 Å². The second-order valence-electron chi connectivity index (χ2n) is 4.98. The number of thiophene rings is 1. The Labute approximate surface area is 157 Å². The SMILES string of the molecule is CCOC(=O)c1c(NC(=O)CSc2nnnn2C)sc(C(=O)NC)c1C. The van der Waals surface area contributed by atoms with Crippen LogP contribution in [0, 0.1) is 6.92 Å². The van der Waals surface area contributed by atoms with Gasteiger partial charge in [-0.15, -0.1) is 16.4 Å². The van der Waals surface area contributed by atoms with Gasteiger partial charge < -0.3 is 15.4 Å². The molecule has 0 aromatic carbocycles. The van der Waals surface area contributed by atoms with E-state index in [2.05, 4.69) is 26.2 Å². The van der Waals surface area contributed by atoms with Gasteiger partial charge in [-0.2, -0.15) is 0 Å². The van der Waals surface area contributed by atoms with Crippen LogP contribution in [-0.4, -0.2) is 57.4 Å². The number of hydrogen-bond acceptors (Lipinski definition) is 9. The fourth-order valence-electron chi connectivity index (χ4n) is 2.02. The quantitative estimate of drug-likeness (QED) is 0.519. The molecule has 0 saturated carbocycles. The Bertz CT molecular complexity index is 832. The molecule has 26 heavy (non-hydrogen) atoms. The summed E-state index contributed by atoms with van der Waals surface area (Å²) in [7, 11) is 3.16. The third-order valence-electron chi connectivity index (χ3n) is 3.23. The van der Waals surface area contributed by atoms with Crippen molar-refractivity contribution in [1.82, 2.24) is 25.5 Å². The molecule has 0 saturated heterocycles. The summed E-state index contributed by atoms with van der Waals surface area (Å²) < 4.78 is 6.49. The predicted molar refractivity (Wildman–Crippen MR) is 96.6 cm³/mol. The van der Waals surface area contributed by atoms with Gasteiger partial charge in [-0.05, 0) is 29.8 Å². The number of carbonyl (C=O) groups is 3. The third-order valence-corrected chi connectivity index (χ3v) is 5.44. The summed E-state index contributed by atoms with van der Waals surface area (Å²) in [5.41, 5.74) is 0.655. The molecule has 12 heteroatoms. The Balaban J connectivity index is 2.20. The summed E-state index contributed by atoms with van der Waals surface area (Å²) in [5.74, 6) is -1.23. The average molecular weight is 398 g/mol. The minimum absolute atomic E-state index is 0.0444. The predicted octanol–water partition coefficient (Wildman–Crippen LogP) is 0.847. The van der Waals surface area contributed by atoms with E-state index in [4.69, 9.17) is 4.74 Å². The normalized spacial score (nSPS) is 10.5. The van der Waals surface area contributed by atoms with E-state index in [0.717, 1.165) is 23.1 Å². The van der Waals surface area contributed by atoms with Gasteiger partial charge in [0.15, 0.2) is 0 Å². The Morgan fingerprint density at radius 1 is 1.35 bits per heavy atom. The van der Waals surface area contributed by atoms with Crippen LogP contribution in [0.5, 0.6) is 0 Å². The highest BCUT2D eigenvalue weighted by Gasteiger charge is 2.26. The van der Waals surface area contributed by atoms with Gasteiger partial charge in [0.05, 0.1) is 22.8 Å². The standard InChI is InChI=1S/C14H18N6O4S2/c1-5-24-13(23)9-7(2)10(11(22)15-3)26-12(9)16-8(21)6-25-14-17-18-19-20(14)4/h5-6H2,1-4H3,(H,15,22)(H,16,21). The Kier molecular flexibility index (Phi) is 6.69. The molecule has 140 valence electrons. The number of nitrogens with zero attached hydrogens (tertiary/aromatic N) is 4. The molecule has 0 bridgehead atoms. The molecule has 0 atom stereocenters. The molecule has 0 fully saturated rings. The minimum Gasteiger partial charge on any atom is -0.462 e. The van der Waals surface area contributed by atoms with Gasteiger partial charge in [0.25, 0.3) is 5.91 Å². The molecule has 0 aliphatic carbocycles. The zero-order valence-electron chi connectivity index (χ0n) is 14.7. The first-order valence-electron chi connectivity index (χ1n) is 7.56. The number of anilines is 1. The van der Waals surface area contributed by atoms with Crippen LogP contribution in [0.4, 0.5) is 5.00 Å². The van der Waals surface area contributed by atoms with Crippen molar-refractivity contribution in [3.8, 4) is 0 Å². The summed E-state index contributed by atoms with van der Waals surface area (Å²) in [4.78, 5) is 36.8. The van der Waals surface area contributed by atoms with Crippen molar-refractivity contribution < 1.29 is 19.1 Å². The maximum Gasteiger partial charge on any atom is 0.341 e. The van der Waals surface area contributed by atoms with Crippen LogP contribution < -0.4 is 10.6 Å². The molecular weight excluding hydrogens is 380 g/mol. The van der Waals surface area contributed by atoms with Gasteiger partial charge in [-0.3, -0.25) is 9.59 Å². The smallest absolute Gasteiger partial charge is 0.341 e. The number of thioether (sulfide) groups is 1. The number of rotatable bonds is 7. The van der Waals surface area contributed by atoms with Crippen LogP contribution in [0.3, 0.4) is 0 Å². The molecule has 2 N–H and O–H groups in total. The molecule has 0 spiro atoms. The van der Waals surface area contributed by atoms with Crippen LogP contribution in [0.25, 0.3) is 0 Å². The lowest BCUT2D eigenvalue weighted by molar-refractivity contribution is -0.113. The van der Waals surface area contributed by atoms with Crippen molar-refractivity contribution in [1.29, 1.82) is 0 Å². The zero-order valence-corrected chi connectivity index (χ0v) is 16.3. The van der Waals surface area contributed by atoms with Gasteiger partial charge >= 0.3 is 5.97 Å². The van der Waals surface area contributed by atoms with Crippen molar-refractivity contribution in [2.45, 2.75) is 19.0 Å². The molecule has 0 aliphatic heterocycles. The highest BCUT2D eigenvalue weighted by molar-refractivity contribution is 7.99. The molecule has 2 amide bonds. The summed E-state index contributed by atoms with van der Waals surface area (Å²) in [6.45, 7) is 3.51. The molecule has 2 aromatic rings. The molecule has 0 aliphatic rings. The molecule has 0 radical (unpaired) electrons. The number of carbonyl (C=O) groups excluding carboxylic acids is 3. The van der Waals surface area contributed by atoms with E-state index in [1.54, 1.807) is 20.9 Å². The van der Waals surface area contributed by atoms with E-state index in [1.165, 1.54) is 11.7 Å². The third kappa shape index (κ3) is 4.38. The summed E-state index contributed by atoms with van der Waals surface area (Å²) in [6.07, 6.45) is 0. The maximum absolute atomic E-state index is 12.3. The second-order valence-corrected chi connectivity index (χ2v) is 6.94. The van der Waals surface area contributed by atoms with E-state index < -0.39 is 5.97 Å². The first-order chi connectivity index (χ1) is 12.4. The van der Waals surface area contributed by atoms with Gasteiger partial charge in [-0.1, -0.05) is 11.8 Å². The second kappa shape index (κ2) is 8.76. The molecular formula is C14H18N6O4S2. The summed E-state index contributed by atoms with van der Waals surface area (Å²) in [5, 5.41) is 16.9. The molecule has 10 nitrogen and oxygen atoms in total. The summed E-state index contributed by atoms with van der Waals surface area (Å²) >= 11 is 2.18. The Morgan fingerprint density at radius 2 is 2.08 bits per heavy atom. The number of esters is 1. The average Bonchev–Trinajstić information content (AvgIpc) is 3.15. The topological polar surface area (TPSA) is 128 Å². The number of ether oxygens (including phenoxy) is 1. The minimum atomic E-state index is -0.586. The van der Waals surface area contributed by atoms with E-state index >= 15 is 0 Å². The highest BCUT2D eigenvalue weighted by Crippen LogP contribution is 2.34. The van der Waals surface area contributed by atoms with Crippen LogP contribution in [0.2, 0.25) is 0 Å². The van der Waals surface area contributed by atoms with Gasteiger partial charge in [0.2, 0.25) is 11.1 Å². The van der Waals surface area contributed by atoms with Crippen molar-refractivity contribution in [2.24, 2.45) is 7.05 Å². The number of tetrazole rings is 1. The largest absolute Gasteiger partial charge is 0.462 e. The molecule has 2 heterocycles.